The molecule has 0 saturated heterocycles. The van der Waals surface area contributed by atoms with Crippen LogP contribution in [-0.4, -0.2) is 11.5 Å². The fraction of sp³-hybridized carbons (Fsp3) is 0.364. The third-order valence-electron chi connectivity index (χ3n) is 2.14. The third kappa shape index (κ3) is 3.16. The molecule has 3 N–H and O–H groups in total. The number of nitrogens with one attached hydrogen (secondary N) is 1. The van der Waals surface area contributed by atoms with E-state index in [-0.39, 0.29) is 0 Å². The topological polar surface area (TPSA) is 64.1 Å². The molecule has 2 aromatic rings. The molecule has 0 aliphatic carbocycles. The highest BCUT2D eigenvalue weighted by molar-refractivity contribution is 7.09. The Morgan fingerprint density at radius 2 is 2.38 bits per heavy atom. The van der Waals surface area contributed by atoms with Crippen molar-refractivity contribution in [1.29, 1.82) is 0 Å². The maximum Gasteiger partial charge on any atom is 0.117 e. The van der Waals surface area contributed by atoms with Crippen molar-refractivity contribution in [3.63, 3.8) is 0 Å². The standard InChI is InChI=1S/C11H15N3OS/c12-4-3-11-14-9(8-16-11)6-13-7-10-2-1-5-15-10/h1-2,5,8,13H,3-4,6-7,12H2. The second-order valence-corrected chi connectivity index (χ2v) is 4.40. The summed E-state index contributed by atoms with van der Waals surface area (Å²) in [6.07, 6.45) is 2.54. The smallest absolute Gasteiger partial charge is 0.117 e. The molecule has 0 aliphatic heterocycles. The Morgan fingerprint density at radius 3 is 3.12 bits per heavy atom. The summed E-state index contributed by atoms with van der Waals surface area (Å²) in [5, 5.41) is 6.46. The zero-order chi connectivity index (χ0) is 11.2. The van der Waals surface area contributed by atoms with E-state index in [0.29, 0.717) is 6.54 Å². The van der Waals surface area contributed by atoms with Gasteiger partial charge in [0.05, 0.1) is 23.5 Å². The Labute approximate surface area is 98.5 Å². The van der Waals surface area contributed by atoms with Gasteiger partial charge < -0.3 is 15.5 Å². The van der Waals surface area contributed by atoms with Crippen LogP contribution in [0.5, 0.6) is 0 Å². The van der Waals surface area contributed by atoms with Gasteiger partial charge in [-0.3, -0.25) is 0 Å². The Kier molecular flexibility index (Phi) is 4.10. The minimum atomic E-state index is 0.660. The summed E-state index contributed by atoms with van der Waals surface area (Å²) in [6, 6.07) is 3.84. The van der Waals surface area contributed by atoms with Gasteiger partial charge in [0.15, 0.2) is 0 Å². The van der Waals surface area contributed by atoms with Gasteiger partial charge in [0.1, 0.15) is 5.76 Å². The lowest BCUT2D eigenvalue weighted by Gasteiger charge is -1.99. The monoisotopic (exact) mass is 237 g/mol. The molecular formula is C11H15N3OS. The van der Waals surface area contributed by atoms with Gasteiger partial charge in [0.2, 0.25) is 0 Å². The molecule has 2 heterocycles. The first kappa shape index (κ1) is 11.3. The highest BCUT2D eigenvalue weighted by Gasteiger charge is 2.01. The van der Waals surface area contributed by atoms with Gasteiger partial charge in [0, 0.05) is 18.3 Å². The van der Waals surface area contributed by atoms with Crippen molar-refractivity contribution in [2.75, 3.05) is 6.54 Å². The average Bonchev–Trinajstić information content (AvgIpc) is 2.90. The second-order valence-electron chi connectivity index (χ2n) is 3.45. The zero-order valence-electron chi connectivity index (χ0n) is 8.98. The number of hydrogen-bond donors (Lipinski definition) is 2. The molecule has 2 rings (SSSR count). The van der Waals surface area contributed by atoms with E-state index >= 15 is 0 Å². The predicted molar refractivity (Wildman–Crippen MR) is 64.1 cm³/mol. The van der Waals surface area contributed by atoms with E-state index in [1.54, 1.807) is 17.6 Å². The van der Waals surface area contributed by atoms with E-state index in [4.69, 9.17) is 10.2 Å². The van der Waals surface area contributed by atoms with Gasteiger partial charge >= 0.3 is 0 Å². The van der Waals surface area contributed by atoms with Crippen molar-refractivity contribution in [3.8, 4) is 0 Å². The van der Waals surface area contributed by atoms with Gasteiger partial charge in [-0.25, -0.2) is 4.98 Å². The van der Waals surface area contributed by atoms with Crippen LogP contribution in [0.4, 0.5) is 0 Å². The molecule has 0 saturated carbocycles. The Hall–Kier alpha value is -1.17. The number of nitrogens with two attached hydrogens (primary N) is 1. The predicted octanol–water partition coefficient (Wildman–Crippen LogP) is 1.53. The lowest BCUT2D eigenvalue weighted by atomic mass is 10.4. The van der Waals surface area contributed by atoms with E-state index in [9.17, 15) is 0 Å². The number of rotatable bonds is 6. The fourth-order valence-corrected chi connectivity index (χ4v) is 2.21. The first-order chi connectivity index (χ1) is 7.88. The first-order valence-corrected chi connectivity index (χ1v) is 6.13. The molecular weight excluding hydrogens is 222 g/mol. The summed E-state index contributed by atoms with van der Waals surface area (Å²) in [6.45, 7) is 2.16. The molecule has 86 valence electrons. The summed E-state index contributed by atoms with van der Waals surface area (Å²) in [5.41, 5.74) is 6.54. The second kappa shape index (κ2) is 5.79. The van der Waals surface area contributed by atoms with Gasteiger partial charge in [0.25, 0.3) is 0 Å². The molecule has 0 radical (unpaired) electrons. The maximum atomic E-state index is 5.47. The van der Waals surface area contributed by atoms with Crippen molar-refractivity contribution >= 4 is 11.3 Å². The van der Waals surface area contributed by atoms with Crippen molar-refractivity contribution in [2.24, 2.45) is 5.73 Å². The largest absolute Gasteiger partial charge is 0.468 e. The molecule has 0 bridgehead atoms. The van der Waals surface area contributed by atoms with Gasteiger partial charge in [-0.1, -0.05) is 0 Å². The molecule has 4 nitrogen and oxygen atoms in total. The van der Waals surface area contributed by atoms with E-state index in [1.807, 2.05) is 12.1 Å². The Bertz CT molecular complexity index is 411. The molecule has 16 heavy (non-hydrogen) atoms. The van der Waals surface area contributed by atoms with Crippen LogP contribution in [0.3, 0.4) is 0 Å². The van der Waals surface area contributed by atoms with Crippen LogP contribution in [0.15, 0.2) is 28.2 Å². The lowest BCUT2D eigenvalue weighted by Crippen LogP contribution is -2.12. The zero-order valence-corrected chi connectivity index (χ0v) is 9.80. The van der Waals surface area contributed by atoms with E-state index in [1.165, 1.54) is 0 Å². The molecule has 0 spiro atoms. The van der Waals surface area contributed by atoms with Gasteiger partial charge in [-0.15, -0.1) is 11.3 Å². The third-order valence-corrected chi connectivity index (χ3v) is 3.10. The normalized spacial score (nSPS) is 10.8. The first-order valence-electron chi connectivity index (χ1n) is 5.25. The number of aromatic nitrogens is 1. The summed E-state index contributed by atoms with van der Waals surface area (Å²) < 4.78 is 5.22. The summed E-state index contributed by atoms with van der Waals surface area (Å²) >= 11 is 1.67. The van der Waals surface area contributed by atoms with Crippen LogP contribution >= 0.6 is 11.3 Å². The average molecular weight is 237 g/mol. The maximum absolute atomic E-state index is 5.47. The van der Waals surface area contributed by atoms with Crippen LogP contribution in [0.2, 0.25) is 0 Å². The number of nitrogens with zero attached hydrogens (tertiary/aromatic N) is 1. The van der Waals surface area contributed by atoms with Gasteiger partial charge in [-0.05, 0) is 18.7 Å². The Balaban J connectivity index is 1.76. The van der Waals surface area contributed by atoms with Crippen LogP contribution in [0.1, 0.15) is 16.5 Å². The minimum absolute atomic E-state index is 0.660. The summed E-state index contributed by atoms with van der Waals surface area (Å²) in [5.74, 6) is 0.942. The molecule has 0 atom stereocenters. The molecule has 0 aliphatic rings. The fourth-order valence-electron chi connectivity index (χ4n) is 1.40. The lowest BCUT2D eigenvalue weighted by molar-refractivity contribution is 0.482. The summed E-state index contributed by atoms with van der Waals surface area (Å²) in [7, 11) is 0. The van der Waals surface area contributed by atoms with Crippen LogP contribution < -0.4 is 11.1 Å². The summed E-state index contributed by atoms with van der Waals surface area (Å²) in [4.78, 5) is 4.46. The molecule has 0 aromatic carbocycles. The van der Waals surface area contributed by atoms with E-state index in [2.05, 4.69) is 15.7 Å². The van der Waals surface area contributed by atoms with Crippen molar-refractivity contribution in [1.82, 2.24) is 10.3 Å². The number of hydrogen-bond acceptors (Lipinski definition) is 5. The van der Waals surface area contributed by atoms with Crippen molar-refractivity contribution in [2.45, 2.75) is 19.5 Å². The SMILES string of the molecule is NCCc1nc(CNCc2ccco2)cs1. The highest BCUT2D eigenvalue weighted by atomic mass is 32.1. The van der Waals surface area contributed by atoms with E-state index < -0.39 is 0 Å². The highest BCUT2D eigenvalue weighted by Crippen LogP contribution is 2.10. The minimum Gasteiger partial charge on any atom is -0.468 e. The Morgan fingerprint density at radius 1 is 1.44 bits per heavy atom. The molecule has 2 aromatic heterocycles. The van der Waals surface area contributed by atoms with Gasteiger partial charge in [-0.2, -0.15) is 0 Å². The van der Waals surface area contributed by atoms with Crippen molar-refractivity contribution in [3.05, 3.63) is 40.2 Å². The van der Waals surface area contributed by atoms with E-state index in [0.717, 1.165) is 36.0 Å². The van der Waals surface area contributed by atoms with Crippen LogP contribution in [0.25, 0.3) is 0 Å². The molecule has 5 heteroatoms. The van der Waals surface area contributed by atoms with Crippen LogP contribution in [-0.2, 0) is 19.5 Å². The number of thiazole rings is 1. The molecule has 0 fully saturated rings. The molecule has 0 unspecified atom stereocenters. The molecule has 0 amide bonds. The van der Waals surface area contributed by atoms with Crippen LogP contribution in [0, 0.1) is 0 Å². The quantitative estimate of drug-likeness (QED) is 0.799. The number of furan rings is 1. The van der Waals surface area contributed by atoms with Crippen molar-refractivity contribution < 1.29 is 4.42 Å².